The summed E-state index contributed by atoms with van der Waals surface area (Å²) in [5.41, 5.74) is 0.213. The summed E-state index contributed by atoms with van der Waals surface area (Å²) in [5, 5.41) is 12.5. The molecule has 0 unspecified atom stereocenters. The van der Waals surface area contributed by atoms with Gasteiger partial charge in [0.05, 0.1) is 0 Å². The first-order valence-corrected chi connectivity index (χ1v) is 12.0. The molecule has 0 bridgehead atoms. The molecule has 8 heteroatoms. The zero-order valence-electron chi connectivity index (χ0n) is 16.7. The van der Waals surface area contributed by atoms with Crippen molar-refractivity contribution in [1.82, 2.24) is 19.9 Å². The molecule has 1 amide bonds. The molecular weight excluding hydrogens is 363 g/mol. The Morgan fingerprint density at radius 3 is 2.70 bits per heavy atom. The quantitative estimate of drug-likeness (QED) is 0.808. The summed E-state index contributed by atoms with van der Waals surface area (Å²) in [5.74, 6) is 1.11. The van der Waals surface area contributed by atoms with Crippen molar-refractivity contribution < 1.29 is 14.1 Å². The highest BCUT2D eigenvalue weighted by molar-refractivity contribution is 7.70. The number of rotatable bonds is 3. The van der Waals surface area contributed by atoms with Crippen LogP contribution in [0.15, 0.2) is 18.3 Å². The third-order valence-corrected chi connectivity index (χ3v) is 6.32. The molecule has 1 aliphatic carbocycles. The molecule has 7 nitrogen and oxygen atoms in total. The van der Waals surface area contributed by atoms with Gasteiger partial charge >= 0.3 is 6.09 Å². The molecule has 1 fully saturated rings. The highest BCUT2D eigenvalue weighted by Gasteiger charge is 2.29. The number of nitrogens with one attached hydrogen (secondary N) is 1. The number of aromatic nitrogens is 3. The Labute approximate surface area is 160 Å². The van der Waals surface area contributed by atoms with E-state index in [1.807, 2.05) is 43.5 Å². The van der Waals surface area contributed by atoms with Gasteiger partial charge in [-0.15, -0.1) is 10.2 Å². The predicted molar refractivity (Wildman–Crippen MR) is 106 cm³/mol. The summed E-state index contributed by atoms with van der Waals surface area (Å²) in [6.07, 6.45) is 5.30. The van der Waals surface area contributed by atoms with Gasteiger partial charge in [0.25, 0.3) is 0 Å². The third-order valence-electron chi connectivity index (χ3n) is 4.80. The van der Waals surface area contributed by atoms with E-state index in [1.54, 1.807) is 13.3 Å². The monoisotopic (exact) mass is 392 g/mol. The Balaban J connectivity index is 1.74. The maximum absolute atomic E-state index is 12.3. The van der Waals surface area contributed by atoms with E-state index in [1.165, 1.54) is 0 Å². The molecule has 0 saturated heterocycles. The van der Waals surface area contributed by atoms with Gasteiger partial charge in [0, 0.05) is 23.5 Å². The second-order valence-corrected chi connectivity index (χ2v) is 11.9. The van der Waals surface area contributed by atoms with Crippen LogP contribution >= 0.6 is 7.14 Å². The summed E-state index contributed by atoms with van der Waals surface area (Å²) in [7, 11) is -2.33. The van der Waals surface area contributed by atoms with Gasteiger partial charge in [-0.25, -0.2) is 4.79 Å². The maximum atomic E-state index is 12.3. The van der Waals surface area contributed by atoms with Crippen LogP contribution in [0.25, 0.3) is 5.65 Å². The molecule has 1 aliphatic rings. The number of hydrogen-bond donors (Lipinski definition) is 1. The van der Waals surface area contributed by atoms with Gasteiger partial charge in [-0.05, 0) is 65.5 Å². The number of alkyl carbamates (subject to hydrolysis) is 1. The van der Waals surface area contributed by atoms with E-state index < -0.39 is 12.7 Å². The van der Waals surface area contributed by atoms with Gasteiger partial charge in [0.1, 0.15) is 18.6 Å². The highest BCUT2D eigenvalue weighted by Crippen LogP contribution is 2.36. The molecule has 0 aliphatic heterocycles. The molecule has 148 valence electrons. The average molecular weight is 392 g/mol. The summed E-state index contributed by atoms with van der Waals surface area (Å²) in [6.45, 7) is 9.09. The maximum Gasteiger partial charge on any atom is 0.407 e. The van der Waals surface area contributed by atoms with Crippen molar-refractivity contribution in [2.45, 2.75) is 64.0 Å². The van der Waals surface area contributed by atoms with Crippen LogP contribution in [0.5, 0.6) is 0 Å². The standard InChI is InChI=1S/C19H29N4O3P/c1-19(2,3)26-18(24)20-14-8-6-7-13(11-14)17-22-21-16-12-15(27(4,5)25)9-10-23(16)17/h9-10,12-14H,6-8,11H2,1-5H3,(H,20,24)/t13-,14+/m0/s1. The number of hydrogen-bond acceptors (Lipinski definition) is 5. The van der Waals surface area contributed by atoms with Crippen LogP contribution < -0.4 is 10.6 Å². The minimum atomic E-state index is -2.33. The van der Waals surface area contributed by atoms with Crippen molar-refractivity contribution in [3.63, 3.8) is 0 Å². The Kier molecular flexibility index (Phi) is 5.35. The van der Waals surface area contributed by atoms with E-state index in [2.05, 4.69) is 15.5 Å². The van der Waals surface area contributed by atoms with Crippen LogP contribution in [0, 0.1) is 0 Å². The largest absolute Gasteiger partial charge is 0.444 e. The number of amides is 1. The fourth-order valence-corrected chi connectivity index (χ4v) is 4.39. The summed E-state index contributed by atoms with van der Waals surface area (Å²) in [6, 6.07) is 3.81. The van der Waals surface area contributed by atoms with Crippen molar-refractivity contribution in [2.24, 2.45) is 0 Å². The van der Waals surface area contributed by atoms with Gasteiger partial charge in [-0.2, -0.15) is 0 Å². The summed E-state index contributed by atoms with van der Waals surface area (Å²) < 4.78 is 19.6. The topological polar surface area (TPSA) is 85.6 Å². The molecule has 3 rings (SSSR count). The first kappa shape index (κ1) is 19.9. The molecule has 1 saturated carbocycles. The van der Waals surface area contributed by atoms with E-state index in [0.717, 1.165) is 36.8 Å². The first-order valence-electron chi connectivity index (χ1n) is 9.43. The van der Waals surface area contributed by atoms with Crippen LogP contribution in [0.3, 0.4) is 0 Å². The molecule has 0 spiro atoms. The Morgan fingerprint density at radius 2 is 2.04 bits per heavy atom. The Bertz CT molecular complexity index is 881. The van der Waals surface area contributed by atoms with Gasteiger partial charge in [-0.3, -0.25) is 4.40 Å². The van der Waals surface area contributed by atoms with E-state index >= 15 is 0 Å². The van der Waals surface area contributed by atoms with Gasteiger partial charge in [0.15, 0.2) is 5.65 Å². The number of pyridine rings is 1. The molecule has 2 atom stereocenters. The van der Waals surface area contributed by atoms with E-state index in [-0.39, 0.29) is 18.1 Å². The fourth-order valence-electron chi connectivity index (χ4n) is 3.54. The third kappa shape index (κ3) is 4.89. The Hall–Kier alpha value is -1.88. The Morgan fingerprint density at radius 1 is 1.30 bits per heavy atom. The molecule has 2 heterocycles. The zero-order valence-corrected chi connectivity index (χ0v) is 17.6. The number of fused-ring (bicyclic) bond motifs is 1. The number of carbonyl (C=O) groups excluding carboxylic acids is 1. The minimum Gasteiger partial charge on any atom is -0.444 e. The van der Waals surface area contributed by atoms with E-state index in [9.17, 15) is 9.36 Å². The zero-order chi connectivity index (χ0) is 19.8. The molecule has 2 aromatic rings. The van der Waals surface area contributed by atoms with Crippen molar-refractivity contribution in [3.05, 3.63) is 24.2 Å². The molecule has 0 aromatic carbocycles. The van der Waals surface area contributed by atoms with Crippen molar-refractivity contribution >= 4 is 24.2 Å². The van der Waals surface area contributed by atoms with Crippen molar-refractivity contribution in [2.75, 3.05) is 13.3 Å². The average Bonchev–Trinajstić information content (AvgIpc) is 2.95. The number of nitrogens with zero attached hydrogens (tertiary/aromatic N) is 3. The normalized spacial score (nSPS) is 21.2. The second kappa shape index (κ2) is 7.27. The van der Waals surface area contributed by atoms with Crippen LogP contribution in [0.1, 0.15) is 58.2 Å². The smallest absolute Gasteiger partial charge is 0.407 e. The number of ether oxygens (including phenoxy) is 1. The summed E-state index contributed by atoms with van der Waals surface area (Å²) >= 11 is 0. The first-order chi connectivity index (χ1) is 12.5. The molecular formula is C19H29N4O3P. The van der Waals surface area contributed by atoms with Gasteiger partial charge in [0.2, 0.25) is 0 Å². The lowest BCUT2D eigenvalue weighted by molar-refractivity contribution is 0.0490. The van der Waals surface area contributed by atoms with Crippen molar-refractivity contribution in [3.8, 4) is 0 Å². The minimum absolute atomic E-state index is 0.0664. The van der Waals surface area contributed by atoms with Crippen LogP contribution in [0.2, 0.25) is 0 Å². The molecule has 1 N–H and O–H groups in total. The SMILES string of the molecule is CC(C)(C)OC(=O)N[C@@H]1CCC[C@H](c2nnc3cc(P(C)(C)=O)ccn23)C1. The van der Waals surface area contributed by atoms with Gasteiger partial charge < -0.3 is 14.6 Å². The predicted octanol–water partition coefficient (Wildman–Crippen LogP) is 3.53. The summed E-state index contributed by atoms with van der Waals surface area (Å²) in [4.78, 5) is 12.1. The van der Waals surface area contributed by atoms with Crippen LogP contribution in [-0.2, 0) is 9.30 Å². The van der Waals surface area contributed by atoms with E-state index in [4.69, 9.17) is 4.74 Å². The second-order valence-electron chi connectivity index (χ2n) is 8.73. The lowest BCUT2D eigenvalue weighted by Gasteiger charge is -2.30. The number of carbonyl (C=O) groups is 1. The van der Waals surface area contributed by atoms with Crippen LogP contribution in [-0.4, -0.2) is 45.7 Å². The molecule has 27 heavy (non-hydrogen) atoms. The van der Waals surface area contributed by atoms with Gasteiger partial charge in [-0.1, -0.05) is 6.42 Å². The highest BCUT2D eigenvalue weighted by atomic mass is 31.2. The lowest BCUT2D eigenvalue weighted by Crippen LogP contribution is -2.41. The lowest BCUT2D eigenvalue weighted by atomic mass is 9.85. The molecule has 2 aromatic heterocycles. The molecule has 0 radical (unpaired) electrons. The van der Waals surface area contributed by atoms with E-state index in [0.29, 0.717) is 5.65 Å². The fraction of sp³-hybridized carbons (Fsp3) is 0.632. The van der Waals surface area contributed by atoms with Crippen LogP contribution in [0.4, 0.5) is 4.79 Å². The van der Waals surface area contributed by atoms with Crippen molar-refractivity contribution in [1.29, 1.82) is 0 Å².